The Balaban J connectivity index is 0.000000248. The summed E-state index contributed by atoms with van der Waals surface area (Å²) >= 11 is 3.36. The molecule has 0 saturated heterocycles. The van der Waals surface area contributed by atoms with Crippen LogP contribution in [-0.2, 0) is 28.1 Å². The molecule has 0 aliphatic carbocycles. The number of nitrogens with zero attached hydrogens (tertiary/aromatic N) is 5. The summed E-state index contributed by atoms with van der Waals surface area (Å²) in [6, 6.07) is 61.7. The number of anilines is 1. The van der Waals surface area contributed by atoms with Gasteiger partial charge in [-0.15, -0.1) is 0 Å². The van der Waals surface area contributed by atoms with Gasteiger partial charge in [-0.05, 0) is 80.5 Å². The first kappa shape index (κ1) is 62.6. The van der Waals surface area contributed by atoms with Crippen molar-refractivity contribution in [2.24, 2.45) is 0 Å². The predicted octanol–water partition coefficient (Wildman–Crippen LogP) is 6.59. The van der Waals surface area contributed by atoms with Crippen molar-refractivity contribution in [1.29, 1.82) is 0 Å². The number of hydrogen-bond acceptors (Lipinski definition) is 9. The first-order valence-corrected chi connectivity index (χ1v) is 25.6. The van der Waals surface area contributed by atoms with Gasteiger partial charge in [-0.2, -0.15) is 0 Å². The van der Waals surface area contributed by atoms with E-state index in [0.29, 0.717) is 0 Å². The Labute approximate surface area is 544 Å². The number of aldehydes is 2. The molecule has 0 aliphatic rings. The molecule has 0 unspecified atom stereocenters. The summed E-state index contributed by atoms with van der Waals surface area (Å²) in [5.41, 5.74) is 11.8. The van der Waals surface area contributed by atoms with Crippen LogP contribution in [0.4, 0.5) is 5.82 Å². The Hall–Kier alpha value is -5.22. The molecule has 0 radical (unpaired) electrons. The molecule has 15 heteroatoms. The van der Waals surface area contributed by atoms with E-state index in [1.807, 2.05) is 91.1 Å². The molecule has 77 heavy (non-hydrogen) atoms. The molecular weight excluding hydrogens is 1080 g/mol. The van der Waals surface area contributed by atoms with Gasteiger partial charge in [0.15, 0.2) is 18.4 Å². The number of carbonyl (C=O) groups is 3. The van der Waals surface area contributed by atoms with E-state index < -0.39 is 0 Å². The molecule has 0 aliphatic heterocycles. The zero-order chi connectivity index (χ0) is 52.8. The molecule has 12 nitrogen and oxygen atoms in total. The van der Waals surface area contributed by atoms with Crippen molar-refractivity contribution in [3.8, 4) is 11.4 Å². The second-order valence-electron chi connectivity index (χ2n) is 17.7. The van der Waals surface area contributed by atoms with Crippen molar-refractivity contribution in [1.82, 2.24) is 29.0 Å². The zero-order valence-corrected chi connectivity index (χ0v) is 52.0. The van der Waals surface area contributed by atoms with Gasteiger partial charge in [-0.3, -0.25) is 14.4 Å². The van der Waals surface area contributed by atoms with E-state index in [0.717, 1.165) is 117 Å². The minimum absolute atomic E-state index is 0. The average molecular weight is 1140 g/mol. The van der Waals surface area contributed by atoms with E-state index in [-0.39, 0.29) is 111 Å². The van der Waals surface area contributed by atoms with E-state index in [1.165, 1.54) is 27.6 Å². The fourth-order valence-electron chi connectivity index (χ4n) is 8.53. The Morgan fingerprint density at radius 3 is 1.69 bits per heavy atom. The van der Waals surface area contributed by atoms with E-state index in [1.54, 1.807) is 6.20 Å². The number of fused-ring (bicyclic) bond motifs is 4. The van der Waals surface area contributed by atoms with Gasteiger partial charge in [0.25, 0.3) is 6.47 Å². The Bertz CT molecular complexity index is 3560. The number of benzene rings is 7. The number of para-hydroxylation sites is 4. The molecule has 0 spiro atoms. The second kappa shape index (κ2) is 33.3. The van der Waals surface area contributed by atoms with Gasteiger partial charge in [0.2, 0.25) is 0 Å². The van der Waals surface area contributed by atoms with Crippen molar-refractivity contribution in [3.05, 3.63) is 234 Å². The number of aromatic nitrogens is 5. The van der Waals surface area contributed by atoms with Crippen LogP contribution in [0.2, 0.25) is 0 Å². The van der Waals surface area contributed by atoms with Gasteiger partial charge >= 0.3 is 103 Å². The van der Waals surface area contributed by atoms with Gasteiger partial charge < -0.3 is 35.9 Å². The molecule has 11 rings (SSSR count). The summed E-state index contributed by atoms with van der Waals surface area (Å²) in [5, 5.41) is 17.2. The molecule has 382 valence electrons. The van der Waals surface area contributed by atoms with E-state index >= 15 is 0 Å². The number of carbonyl (C=O) groups excluding carboxylic acids is 3. The summed E-state index contributed by atoms with van der Waals surface area (Å²) in [7, 11) is 4.21. The number of alkyl halides is 1. The van der Waals surface area contributed by atoms with Crippen molar-refractivity contribution in [3.63, 3.8) is 0 Å². The number of halogens is 1. The van der Waals surface area contributed by atoms with Crippen LogP contribution in [-0.4, -0.2) is 75.2 Å². The fraction of sp³-hybridized carbons (Fsp3) is 0.145. The van der Waals surface area contributed by atoms with Crippen LogP contribution in [0.15, 0.2) is 201 Å². The summed E-state index contributed by atoms with van der Waals surface area (Å²) in [4.78, 5) is 48.1. The number of hydrogen-bond donors (Lipinski definition) is 2. The van der Waals surface area contributed by atoms with Gasteiger partial charge in [-0.25, -0.2) is 9.97 Å². The summed E-state index contributed by atoms with van der Waals surface area (Å²) < 4.78 is 4.42. The third-order valence-electron chi connectivity index (χ3n) is 12.2. The molecular formula is C62H60BrK2N7O5. The predicted molar refractivity (Wildman–Crippen MR) is 306 cm³/mol. The van der Waals surface area contributed by atoms with Crippen LogP contribution in [0.5, 0.6) is 0 Å². The minimum atomic E-state index is -0.181. The summed E-state index contributed by atoms with van der Waals surface area (Å²) in [5.74, 6) is 1.67. The number of rotatable bonds is 14. The molecule has 11 aromatic rings. The van der Waals surface area contributed by atoms with E-state index in [2.05, 4.69) is 169 Å². The number of aryl methyl sites for hydroxylation is 1. The average Bonchev–Trinajstić information content (AvgIpc) is 4.21. The van der Waals surface area contributed by atoms with E-state index in [4.69, 9.17) is 20.0 Å². The van der Waals surface area contributed by atoms with Crippen LogP contribution >= 0.6 is 15.9 Å². The van der Waals surface area contributed by atoms with Crippen LogP contribution in [0.3, 0.4) is 0 Å². The largest absolute Gasteiger partial charge is 1.00 e. The molecule has 4 heterocycles. The Morgan fingerprint density at radius 2 is 1.13 bits per heavy atom. The molecule has 0 amide bonds. The van der Waals surface area contributed by atoms with E-state index in [9.17, 15) is 9.59 Å². The van der Waals surface area contributed by atoms with Crippen LogP contribution in [0, 0.1) is 6.92 Å². The number of H-pyrrole nitrogens is 1. The third kappa shape index (κ3) is 17.9. The van der Waals surface area contributed by atoms with Crippen molar-refractivity contribution in [2.75, 3.05) is 32.5 Å². The molecule has 0 atom stereocenters. The quantitative estimate of drug-likeness (QED) is 0.0307. The first-order valence-electron chi connectivity index (χ1n) is 24.4. The standard InChI is InChI=1S/C29H31N5.C16H13NO.C9H7NO.C7H7Br.CH2O3.2K.H/c1-21-11-9-15-24-27(21)31-29(32-28(24)30-17-10-18-33(2)3)25-20-34(19-22-12-5-4-6-13-22)26-16-8-7-14-23(25)26;18-12-14-11-17(10-13-6-2-1-3-7-13)16-9-5-4-8-15(14)16;11-6-7-5-10-9-4-2-1-3-8(7)9;8-6-7-4-2-1-3-5-7;2-1-4-3;;;/h4-9,11-16,20H,10,17-19H2,1-3H3,(H,30,31,32);1-9,11-12H,10H2;1-6,10H;1-5H,6H2;1,3H;;;/q;;;;;2*+1;-1/p-1. The zero-order valence-electron chi connectivity index (χ0n) is 45.2. The maximum atomic E-state index is 11.1. The fourth-order valence-corrected chi connectivity index (χ4v) is 8.90. The summed E-state index contributed by atoms with van der Waals surface area (Å²) in [6.07, 6.45) is 8.67. The first-order chi connectivity index (χ1) is 36.7. The van der Waals surface area contributed by atoms with Crippen molar-refractivity contribution >= 4 is 84.4 Å². The molecule has 7 aromatic carbocycles. The topological polar surface area (TPSA) is 150 Å². The molecule has 2 N–H and O–H groups in total. The normalized spacial score (nSPS) is 10.3. The maximum Gasteiger partial charge on any atom is 1.00 e. The minimum Gasteiger partial charge on any atom is -1.00 e. The molecule has 4 aromatic heterocycles. The van der Waals surface area contributed by atoms with Gasteiger partial charge in [0, 0.05) is 98.3 Å². The number of aromatic amines is 1. The smallest absolute Gasteiger partial charge is 1.00 e. The molecule has 0 bridgehead atoms. The van der Waals surface area contributed by atoms with Crippen LogP contribution < -0.4 is 113 Å². The second-order valence-corrected chi connectivity index (χ2v) is 18.2. The molecule has 0 saturated carbocycles. The summed E-state index contributed by atoms with van der Waals surface area (Å²) in [6.45, 7) is 5.44. The SMILES string of the molecule is BrCc1ccccc1.Cc1cccc2c(NCCCN(C)C)nc(-c3cn(Cc4ccccc4)c4ccccc34)nc12.O=CO[O-].O=Cc1c[nH]c2ccccc12.O=Cc1cn(Cc2ccccc2)c2ccccc12.[H-].[K+].[K+]. The van der Waals surface area contributed by atoms with Gasteiger partial charge in [-0.1, -0.05) is 174 Å². The Morgan fingerprint density at radius 1 is 0.623 bits per heavy atom. The van der Waals surface area contributed by atoms with Gasteiger partial charge in [0.05, 0.1) is 5.52 Å². The van der Waals surface area contributed by atoms with Crippen LogP contribution in [0.1, 0.15) is 50.8 Å². The van der Waals surface area contributed by atoms with Crippen LogP contribution in [0.25, 0.3) is 55.0 Å². The number of nitrogens with one attached hydrogen (secondary N) is 2. The van der Waals surface area contributed by atoms with Gasteiger partial charge in [0.1, 0.15) is 5.82 Å². The van der Waals surface area contributed by atoms with Crippen molar-refractivity contribution in [2.45, 2.75) is 31.8 Å². The monoisotopic (exact) mass is 1140 g/mol. The Kier molecular flexibility index (Phi) is 27.1. The van der Waals surface area contributed by atoms with Crippen molar-refractivity contribution < 1.29 is 129 Å². The maximum absolute atomic E-state index is 11.1. The molecule has 0 fully saturated rings. The third-order valence-corrected chi connectivity index (χ3v) is 12.8.